The lowest BCUT2D eigenvalue weighted by atomic mass is 9.87. The lowest BCUT2D eigenvalue weighted by molar-refractivity contribution is -0.137. The summed E-state index contributed by atoms with van der Waals surface area (Å²) in [5.41, 5.74) is 12.5. The number of carbonyl (C=O) groups excluding carboxylic acids is 4. The van der Waals surface area contributed by atoms with Crippen LogP contribution in [-0.2, 0) is 25.7 Å². The van der Waals surface area contributed by atoms with Crippen molar-refractivity contribution in [2.75, 3.05) is 13.1 Å². The summed E-state index contributed by atoms with van der Waals surface area (Å²) in [7, 11) is 0. The van der Waals surface area contributed by atoms with Gasteiger partial charge in [-0.15, -0.1) is 0 Å². The number of nitrogens with one attached hydrogen (secondary N) is 1. The lowest BCUT2D eigenvalue weighted by Crippen LogP contribution is -2.47. The van der Waals surface area contributed by atoms with Crippen LogP contribution < -0.4 is 16.8 Å². The monoisotopic (exact) mass is 721 g/mol. The molecule has 0 aliphatic heterocycles. The normalized spacial score (nSPS) is 12.4. The highest BCUT2D eigenvalue weighted by Crippen LogP contribution is 2.20. The minimum Gasteiger partial charge on any atom is -0.370 e. The molecule has 1 aromatic heterocycles. The van der Waals surface area contributed by atoms with Crippen molar-refractivity contribution in [2.45, 2.75) is 156 Å². The highest BCUT2D eigenvalue weighted by atomic mass is 16.2. The van der Waals surface area contributed by atoms with E-state index in [0.717, 1.165) is 30.2 Å². The van der Waals surface area contributed by atoms with Crippen molar-refractivity contribution >= 4 is 40.2 Å². The average molecular weight is 721 g/mol. The average Bonchev–Trinajstić information content (AvgIpc) is 3.10. The molecule has 1 heterocycles. The van der Waals surface area contributed by atoms with Gasteiger partial charge in [0.25, 0.3) is 0 Å². The number of guanidine groups is 1. The molecule has 52 heavy (non-hydrogen) atoms. The van der Waals surface area contributed by atoms with Crippen LogP contribution in [0.25, 0.3) is 10.9 Å². The number of unbranched alkanes of at least 4 members (excludes halogenated alkanes) is 12. The molecule has 1 aromatic carbocycles. The van der Waals surface area contributed by atoms with E-state index in [-0.39, 0.29) is 48.9 Å². The predicted molar refractivity (Wildman–Crippen MR) is 213 cm³/mol. The SMILES string of the molecule is CCCCCCCCCCCCCCCC(=O)N(CC(=O)N[C@@H](CCCN=C(N)N)C(=O)C[C@@H](CC(C)C)C(C)=O)Cc1ccc2ccccc2n1. The third-order valence-corrected chi connectivity index (χ3v) is 9.64. The molecule has 0 fully saturated rings. The van der Waals surface area contributed by atoms with Gasteiger partial charge in [0.1, 0.15) is 5.78 Å². The summed E-state index contributed by atoms with van der Waals surface area (Å²) in [6.45, 7) is 8.08. The number of rotatable bonds is 29. The van der Waals surface area contributed by atoms with Crippen LogP contribution >= 0.6 is 0 Å². The molecule has 0 radical (unpaired) electrons. The molecule has 0 aliphatic rings. The molecule has 0 spiro atoms. The number of Topliss-reactive ketones (excluding diaryl/α,β-unsaturated/α-hetero) is 2. The van der Waals surface area contributed by atoms with Crippen LogP contribution in [0.15, 0.2) is 41.4 Å². The standard InChI is InChI=1S/C42H68N6O4/c1-5-6-7-8-9-10-11-12-13-14-15-16-17-24-41(52)48(30-36-26-25-34-21-18-19-22-37(34)46-36)31-40(51)47-38(23-20-27-45-42(43)44)39(50)29-35(33(4)49)28-32(2)3/h18-19,21-22,25-26,32,35,38H,5-17,20,23-24,27-31H2,1-4H3,(H,47,51)(H4,43,44,45)/t35-,38+/m1/s1. The Bertz CT molecular complexity index is 1390. The molecule has 2 amide bonds. The van der Waals surface area contributed by atoms with Crippen molar-refractivity contribution in [1.29, 1.82) is 0 Å². The van der Waals surface area contributed by atoms with Crippen molar-refractivity contribution < 1.29 is 19.2 Å². The zero-order valence-electron chi connectivity index (χ0n) is 32.7. The molecule has 0 saturated heterocycles. The fourth-order valence-corrected chi connectivity index (χ4v) is 6.65. The quantitative estimate of drug-likeness (QED) is 0.0439. The molecule has 0 aliphatic carbocycles. The number of pyridine rings is 1. The van der Waals surface area contributed by atoms with Gasteiger partial charge in [0.05, 0.1) is 30.3 Å². The van der Waals surface area contributed by atoms with Gasteiger partial charge in [0, 0.05) is 30.7 Å². The zero-order chi connectivity index (χ0) is 38.1. The number of amides is 2. The van der Waals surface area contributed by atoms with E-state index in [0.29, 0.717) is 37.9 Å². The Balaban J connectivity index is 2.04. The summed E-state index contributed by atoms with van der Waals surface area (Å²) in [6, 6.07) is 10.8. The summed E-state index contributed by atoms with van der Waals surface area (Å²) in [5.74, 6) is -1.00. The van der Waals surface area contributed by atoms with Crippen LogP contribution in [-0.4, -0.2) is 58.4 Å². The highest BCUT2D eigenvalue weighted by molar-refractivity contribution is 5.93. The van der Waals surface area contributed by atoms with E-state index in [1.165, 1.54) is 71.1 Å². The maximum absolute atomic E-state index is 13.6. The highest BCUT2D eigenvalue weighted by Gasteiger charge is 2.27. The number of nitrogens with zero attached hydrogens (tertiary/aromatic N) is 3. The summed E-state index contributed by atoms with van der Waals surface area (Å²) < 4.78 is 0. The van der Waals surface area contributed by atoms with Crippen LogP contribution in [0.4, 0.5) is 0 Å². The molecule has 10 heteroatoms. The van der Waals surface area contributed by atoms with Gasteiger partial charge in [-0.05, 0) is 50.7 Å². The number of para-hydroxylation sites is 1. The lowest BCUT2D eigenvalue weighted by Gasteiger charge is -2.25. The minimum atomic E-state index is -0.826. The van der Waals surface area contributed by atoms with E-state index in [1.54, 1.807) is 4.90 Å². The van der Waals surface area contributed by atoms with E-state index in [4.69, 9.17) is 16.5 Å². The number of fused-ring (bicyclic) bond motifs is 1. The molecule has 2 rings (SSSR count). The van der Waals surface area contributed by atoms with Crippen LogP contribution in [0, 0.1) is 11.8 Å². The molecule has 0 bridgehead atoms. The van der Waals surface area contributed by atoms with Crippen LogP contribution in [0.1, 0.15) is 149 Å². The van der Waals surface area contributed by atoms with Gasteiger partial charge < -0.3 is 21.7 Å². The molecular weight excluding hydrogens is 652 g/mol. The number of nitrogens with two attached hydrogens (primary N) is 2. The third-order valence-electron chi connectivity index (χ3n) is 9.64. The largest absolute Gasteiger partial charge is 0.370 e. The smallest absolute Gasteiger partial charge is 0.240 e. The van der Waals surface area contributed by atoms with Crippen LogP contribution in [0.3, 0.4) is 0 Å². The third kappa shape index (κ3) is 19.1. The number of ketones is 2. The number of benzene rings is 1. The first kappa shape index (κ1) is 44.3. The molecule has 10 nitrogen and oxygen atoms in total. The topological polar surface area (TPSA) is 161 Å². The Morgan fingerprint density at radius 3 is 2.04 bits per heavy atom. The second kappa shape index (κ2) is 26.0. The Labute approximate surface area is 313 Å². The van der Waals surface area contributed by atoms with Crippen molar-refractivity contribution in [3.63, 3.8) is 0 Å². The Morgan fingerprint density at radius 1 is 0.827 bits per heavy atom. The summed E-state index contributed by atoms with van der Waals surface area (Å²) >= 11 is 0. The van der Waals surface area contributed by atoms with E-state index in [2.05, 4.69) is 17.2 Å². The molecule has 5 N–H and O–H groups in total. The summed E-state index contributed by atoms with van der Waals surface area (Å²) in [5, 5.41) is 3.89. The Morgan fingerprint density at radius 2 is 1.44 bits per heavy atom. The van der Waals surface area contributed by atoms with Crippen molar-refractivity contribution in [2.24, 2.45) is 28.3 Å². The maximum Gasteiger partial charge on any atom is 0.240 e. The van der Waals surface area contributed by atoms with Crippen molar-refractivity contribution in [1.82, 2.24) is 15.2 Å². The molecule has 2 atom stereocenters. The fraction of sp³-hybridized carbons (Fsp3) is 0.667. The number of aromatic nitrogens is 1. The van der Waals surface area contributed by atoms with E-state index >= 15 is 0 Å². The van der Waals surface area contributed by atoms with Gasteiger partial charge in [-0.3, -0.25) is 29.2 Å². The molecular formula is C42H68N6O4. The van der Waals surface area contributed by atoms with Gasteiger partial charge in [-0.1, -0.05) is 122 Å². The molecule has 0 saturated carbocycles. The van der Waals surface area contributed by atoms with E-state index < -0.39 is 17.9 Å². The van der Waals surface area contributed by atoms with Crippen molar-refractivity contribution in [3.05, 3.63) is 42.1 Å². The van der Waals surface area contributed by atoms with Crippen LogP contribution in [0.5, 0.6) is 0 Å². The first-order chi connectivity index (χ1) is 25.0. The minimum absolute atomic E-state index is 0.0412. The van der Waals surface area contributed by atoms with E-state index in [1.807, 2.05) is 50.2 Å². The second-order valence-corrected chi connectivity index (χ2v) is 14.9. The van der Waals surface area contributed by atoms with Gasteiger partial charge >= 0.3 is 0 Å². The number of carbonyl (C=O) groups is 4. The molecule has 0 unspecified atom stereocenters. The zero-order valence-corrected chi connectivity index (χ0v) is 32.7. The summed E-state index contributed by atoms with van der Waals surface area (Å²) in [4.78, 5) is 63.5. The number of hydrogen-bond acceptors (Lipinski definition) is 6. The van der Waals surface area contributed by atoms with Crippen LogP contribution in [0.2, 0.25) is 0 Å². The maximum atomic E-state index is 13.6. The molecule has 2 aromatic rings. The first-order valence-corrected chi connectivity index (χ1v) is 20.0. The Kier molecular flexibility index (Phi) is 22.2. The van der Waals surface area contributed by atoms with Crippen molar-refractivity contribution in [3.8, 4) is 0 Å². The van der Waals surface area contributed by atoms with Gasteiger partial charge in [-0.25, -0.2) is 0 Å². The Hall–Kier alpha value is -3.82. The predicted octanol–water partition coefficient (Wildman–Crippen LogP) is 7.79. The first-order valence-electron chi connectivity index (χ1n) is 20.0. The van der Waals surface area contributed by atoms with Gasteiger partial charge in [-0.2, -0.15) is 0 Å². The van der Waals surface area contributed by atoms with Gasteiger partial charge in [0.15, 0.2) is 11.7 Å². The van der Waals surface area contributed by atoms with Gasteiger partial charge in [0.2, 0.25) is 11.8 Å². The van der Waals surface area contributed by atoms with E-state index in [9.17, 15) is 19.2 Å². The number of hydrogen-bond donors (Lipinski definition) is 3. The second-order valence-electron chi connectivity index (χ2n) is 14.9. The fourth-order valence-electron chi connectivity index (χ4n) is 6.65. The molecule has 290 valence electrons. The number of aliphatic imine (C=N–C) groups is 1. The summed E-state index contributed by atoms with van der Waals surface area (Å²) in [6.07, 6.45) is 17.6.